The Morgan fingerprint density at radius 2 is 2.36 bits per heavy atom. The van der Waals surface area contributed by atoms with E-state index < -0.39 is 0 Å². The third kappa shape index (κ3) is 3.78. The van der Waals surface area contributed by atoms with Gasteiger partial charge < -0.3 is 10.4 Å². The van der Waals surface area contributed by atoms with E-state index in [1.807, 2.05) is 16.8 Å². The summed E-state index contributed by atoms with van der Waals surface area (Å²) in [6.07, 6.45) is 1.99. The third-order valence-electron chi connectivity index (χ3n) is 2.31. The molecule has 2 N–H and O–H groups in total. The van der Waals surface area contributed by atoms with Gasteiger partial charge in [0.05, 0.1) is 6.10 Å². The molecule has 0 bridgehead atoms. The lowest BCUT2D eigenvalue weighted by atomic mass is 10.1. The van der Waals surface area contributed by atoms with E-state index in [4.69, 9.17) is 0 Å². The van der Waals surface area contributed by atoms with Gasteiger partial charge in [0.15, 0.2) is 0 Å². The Bertz CT molecular complexity index is 235. The lowest BCUT2D eigenvalue weighted by Crippen LogP contribution is -2.30. The Balaban J connectivity index is 2.24. The summed E-state index contributed by atoms with van der Waals surface area (Å²) in [4.78, 5) is 0. The van der Waals surface area contributed by atoms with Crippen LogP contribution in [0.5, 0.6) is 0 Å². The first-order valence-corrected chi connectivity index (χ1v) is 6.11. The standard InChI is InChI=1S/C11H19NOS/c1-3-4-9(2)12-7-11(13)10-5-6-14-8-10/h5-6,8-9,11-13H,3-4,7H2,1-2H3. The van der Waals surface area contributed by atoms with Crippen LogP contribution < -0.4 is 5.32 Å². The van der Waals surface area contributed by atoms with Crippen LogP contribution in [0.25, 0.3) is 0 Å². The zero-order chi connectivity index (χ0) is 10.4. The lowest BCUT2D eigenvalue weighted by molar-refractivity contribution is 0.170. The molecular weight excluding hydrogens is 194 g/mol. The van der Waals surface area contributed by atoms with E-state index >= 15 is 0 Å². The second-order valence-electron chi connectivity index (χ2n) is 3.67. The molecule has 2 nitrogen and oxygen atoms in total. The highest BCUT2D eigenvalue weighted by molar-refractivity contribution is 7.07. The summed E-state index contributed by atoms with van der Waals surface area (Å²) in [6, 6.07) is 2.47. The molecule has 0 saturated carbocycles. The number of nitrogens with one attached hydrogen (secondary N) is 1. The van der Waals surface area contributed by atoms with E-state index in [2.05, 4.69) is 19.2 Å². The zero-order valence-corrected chi connectivity index (χ0v) is 9.68. The molecule has 0 amide bonds. The molecule has 2 unspecified atom stereocenters. The van der Waals surface area contributed by atoms with Gasteiger partial charge in [0, 0.05) is 12.6 Å². The Labute approximate surface area is 90.0 Å². The topological polar surface area (TPSA) is 32.3 Å². The highest BCUT2D eigenvalue weighted by Gasteiger charge is 2.08. The first kappa shape index (κ1) is 11.7. The summed E-state index contributed by atoms with van der Waals surface area (Å²) >= 11 is 1.62. The Kier molecular flexibility index (Phi) is 5.15. The van der Waals surface area contributed by atoms with E-state index in [1.54, 1.807) is 11.3 Å². The van der Waals surface area contributed by atoms with Gasteiger partial charge >= 0.3 is 0 Å². The van der Waals surface area contributed by atoms with Gasteiger partial charge in [-0.05, 0) is 35.7 Å². The minimum atomic E-state index is -0.361. The number of hydrogen-bond donors (Lipinski definition) is 2. The van der Waals surface area contributed by atoms with Crippen molar-refractivity contribution < 1.29 is 5.11 Å². The highest BCUT2D eigenvalue weighted by Crippen LogP contribution is 2.15. The van der Waals surface area contributed by atoms with Gasteiger partial charge in [-0.1, -0.05) is 13.3 Å². The largest absolute Gasteiger partial charge is 0.387 e. The fourth-order valence-corrected chi connectivity index (χ4v) is 2.14. The van der Waals surface area contributed by atoms with Gasteiger partial charge in [0.1, 0.15) is 0 Å². The molecule has 3 heteroatoms. The number of aliphatic hydroxyl groups excluding tert-OH is 1. The van der Waals surface area contributed by atoms with Crippen LogP contribution in [0.2, 0.25) is 0 Å². The third-order valence-corrected chi connectivity index (χ3v) is 3.01. The minimum Gasteiger partial charge on any atom is -0.387 e. The van der Waals surface area contributed by atoms with Crippen LogP contribution in [0.3, 0.4) is 0 Å². The van der Waals surface area contributed by atoms with Crippen molar-refractivity contribution in [3.05, 3.63) is 22.4 Å². The Morgan fingerprint density at radius 1 is 1.57 bits per heavy atom. The molecule has 0 fully saturated rings. The maximum absolute atomic E-state index is 9.77. The maximum Gasteiger partial charge on any atom is 0.0922 e. The zero-order valence-electron chi connectivity index (χ0n) is 8.86. The molecule has 1 aromatic heterocycles. The van der Waals surface area contributed by atoms with Crippen LogP contribution in [0.4, 0.5) is 0 Å². The van der Waals surface area contributed by atoms with Crippen molar-refractivity contribution in [3.8, 4) is 0 Å². The molecule has 1 aromatic rings. The SMILES string of the molecule is CCCC(C)NCC(O)c1ccsc1. The summed E-state index contributed by atoms with van der Waals surface area (Å²) in [5.74, 6) is 0. The Morgan fingerprint density at radius 3 is 2.93 bits per heavy atom. The first-order chi connectivity index (χ1) is 6.74. The van der Waals surface area contributed by atoms with E-state index in [1.165, 1.54) is 6.42 Å². The fraction of sp³-hybridized carbons (Fsp3) is 0.636. The molecule has 0 aliphatic carbocycles. The predicted molar refractivity (Wildman–Crippen MR) is 61.7 cm³/mol. The van der Waals surface area contributed by atoms with E-state index in [0.29, 0.717) is 12.6 Å². The van der Waals surface area contributed by atoms with Gasteiger partial charge in [-0.25, -0.2) is 0 Å². The molecule has 80 valence electrons. The van der Waals surface area contributed by atoms with Crippen molar-refractivity contribution in [3.63, 3.8) is 0 Å². The average Bonchev–Trinajstić information content (AvgIpc) is 2.67. The molecule has 0 saturated heterocycles. The number of thiophene rings is 1. The van der Waals surface area contributed by atoms with Gasteiger partial charge in [-0.2, -0.15) is 11.3 Å². The van der Waals surface area contributed by atoms with Gasteiger partial charge in [-0.3, -0.25) is 0 Å². The van der Waals surface area contributed by atoms with Crippen LogP contribution >= 0.6 is 11.3 Å². The second-order valence-corrected chi connectivity index (χ2v) is 4.45. The van der Waals surface area contributed by atoms with Gasteiger partial charge in [0.25, 0.3) is 0 Å². The summed E-state index contributed by atoms with van der Waals surface area (Å²) in [7, 11) is 0. The quantitative estimate of drug-likeness (QED) is 0.761. The van der Waals surface area contributed by atoms with Gasteiger partial charge in [0.2, 0.25) is 0 Å². The number of aliphatic hydroxyl groups is 1. The van der Waals surface area contributed by atoms with Crippen LogP contribution in [-0.4, -0.2) is 17.7 Å². The summed E-state index contributed by atoms with van der Waals surface area (Å²) < 4.78 is 0. The monoisotopic (exact) mass is 213 g/mol. The van der Waals surface area contributed by atoms with Crippen molar-refractivity contribution in [2.45, 2.75) is 38.8 Å². The van der Waals surface area contributed by atoms with Crippen molar-refractivity contribution in [1.29, 1.82) is 0 Å². The molecule has 0 aliphatic heterocycles. The normalized spacial score (nSPS) is 15.4. The first-order valence-electron chi connectivity index (χ1n) is 5.17. The van der Waals surface area contributed by atoms with Crippen molar-refractivity contribution in [2.75, 3.05) is 6.54 Å². The molecule has 0 aromatic carbocycles. The molecule has 2 atom stereocenters. The van der Waals surface area contributed by atoms with Crippen molar-refractivity contribution in [2.24, 2.45) is 0 Å². The number of hydrogen-bond acceptors (Lipinski definition) is 3. The molecule has 0 aliphatic rings. The second kappa shape index (κ2) is 6.17. The predicted octanol–water partition coefficient (Wildman–Crippen LogP) is 2.56. The van der Waals surface area contributed by atoms with Crippen molar-refractivity contribution >= 4 is 11.3 Å². The lowest BCUT2D eigenvalue weighted by Gasteiger charge is -2.15. The van der Waals surface area contributed by atoms with Crippen LogP contribution in [0, 0.1) is 0 Å². The molecule has 14 heavy (non-hydrogen) atoms. The van der Waals surface area contributed by atoms with Gasteiger partial charge in [-0.15, -0.1) is 0 Å². The molecule has 1 heterocycles. The maximum atomic E-state index is 9.77. The number of rotatable bonds is 6. The van der Waals surface area contributed by atoms with E-state index in [-0.39, 0.29) is 6.10 Å². The smallest absolute Gasteiger partial charge is 0.0922 e. The average molecular weight is 213 g/mol. The van der Waals surface area contributed by atoms with E-state index in [9.17, 15) is 5.11 Å². The highest BCUT2D eigenvalue weighted by atomic mass is 32.1. The fourth-order valence-electron chi connectivity index (χ4n) is 1.43. The summed E-state index contributed by atoms with van der Waals surface area (Å²) in [5, 5.41) is 17.1. The van der Waals surface area contributed by atoms with Crippen LogP contribution in [0.15, 0.2) is 16.8 Å². The molecular formula is C11H19NOS. The molecule has 1 rings (SSSR count). The Hall–Kier alpha value is -0.380. The summed E-state index contributed by atoms with van der Waals surface area (Å²) in [5.41, 5.74) is 1.02. The van der Waals surface area contributed by atoms with Crippen LogP contribution in [-0.2, 0) is 0 Å². The van der Waals surface area contributed by atoms with Crippen molar-refractivity contribution in [1.82, 2.24) is 5.32 Å². The molecule has 0 radical (unpaired) electrons. The summed E-state index contributed by atoms with van der Waals surface area (Å²) in [6.45, 7) is 4.98. The molecule has 0 spiro atoms. The minimum absolute atomic E-state index is 0.361. The van der Waals surface area contributed by atoms with Crippen LogP contribution in [0.1, 0.15) is 38.4 Å². The van der Waals surface area contributed by atoms with E-state index in [0.717, 1.165) is 12.0 Å².